The molecule has 1 aliphatic carbocycles. The van der Waals surface area contributed by atoms with Crippen LogP contribution in [0.15, 0.2) is 223 Å². The van der Waals surface area contributed by atoms with Crippen LogP contribution >= 0.6 is 0 Å². The molecule has 0 atom stereocenters. The van der Waals surface area contributed by atoms with Crippen molar-refractivity contribution >= 4 is 71.6 Å². The Kier molecular flexibility index (Phi) is 7.95. The Balaban J connectivity index is 1.07. The molecule has 0 N–H and O–H groups in total. The number of furan rings is 1. The SMILES string of the molecule is CC1(C)c2ccccc2-c2c(N(c3ccc(-c4cccc5c6ccccc6n(-c6ccccc6)c45)cc3)c3ccc(-c4cccc5ccccc45)c4oc5ccccc5c34)cccc21. The second kappa shape index (κ2) is 13.9. The first-order valence-corrected chi connectivity index (χ1v) is 22.2. The third-order valence-corrected chi connectivity index (χ3v) is 13.8. The molecule has 12 aromatic rings. The molecule has 0 saturated heterocycles. The van der Waals surface area contributed by atoms with Gasteiger partial charge in [-0.2, -0.15) is 0 Å². The number of benzene rings is 10. The standard InChI is InChI=1S/C61H42N2O/c1-61(2)51-28-11-8-23-49(51)57-52(61)29-16-31-54(57)62(55-38-37-48(45-26-14-18-39-17-6-7-21-43(39)45)60-58(55)50-24-10-13-32-56(50)64-60)42-35-33-40(34-36-42)44-25-15-27-47-46-22-9-12-30-53(46)63(59(44)47)41-19-4-3-5-20-41/h3-38H,1-2H3. The number of anilines is 3. The molecule has 10 aromatic carbocycles. The number of hydrogen-bond acceptors (Lipinski definition) is 2. The predicted octanol–water partition coefficient (Wildman–Crippen LogP) is 16.9. The zero-order chi connectivity index (χ0) is 42.5. The maximum atomic E-state index is 6.99. The molecule has 0 aliphatic heterocycles. The summed E-state index contributed by atoms with van der Waals surface area (Å²) >= 11 is 0. The molecule has 64 heavy (non-hydrogen) atoms. The highest BCUT2D eigenvalue weighted by molar-refractivity contribution is 6.19. The van der Waals surface area contributed by atoms with Crippen LogP contribution in [0.5, 0.6) is 0 Å². The van der Waals surface area contributed by atoms with Crippen molar-refractivity contribution in [1.82, 2.24) is 4.57 Å². The van der Waals surface area contributed by atoms with Crippen molar-refractivity contribution < 1.29 is 4.42 Å². The van der Waals surface area contributed by atoms with Gasteiger partial charge in [-0.15, -0.1) is 0 Å². The van der Waals surface area contributed by atoms with Crippen molar-refractivity contribution in [2.75, 3.05) is 4.90 Å². The second-order valence-electron chi connectivity index (χ2n) is 17.6. The lowest BCUT2D eigenvalue weighted by atomic mass is 9.82. The fraction of sp³-hybridized carbons (Fsp3) is 0.0492. The lowest BCUT2D eigenvalue weighted by Gasteiger charge is -2.30. The highest BCUT2D eigenvalue weighted by atomic mass is 16.3. The molecule has 0 radical (unpaired) electrons. The first-order chi connectivity index (χ1) is 31.5. The summed E-state index contributed by atoms with van der Waals surface area (Å²) in [4.78, 5) is 2.49. The van der Waals surface area contributed by atoms with Gasteiger partial charge >= 0.3 is 0 Å². The van der Waals surface area contributed by atoms with Gasteiger partial charge < -0.3 is 13.9 Å². The van der Waals surface area contributed by atoms with E-state index < -0.39 is 0 Å². The summed E-state index contributed by atoms with van der Waals surface area (Å²) in [6, 6.07) is 79.5. The Bertz CT molecular complexity index is 3810. The van der Waals surface area contributed by atoms with Crippen LogP contribution in [0.2, 0.25) is 0 Å². The zero-order valence-electron chi connectivity index (χ0n) is 35.6. The maximum Gasteiger partial charge on any atom is 0.145 e. The van der Waals surface area contributed by atoms with E-state index >= 15 is 0 Å². The Morgan fingerprint density at radius 1 is 0.438 bits per heavy atom. The molecule has 0 spiro atoms. The summed E-state index contributed by atoms with van der Waals surface area (Å²) < 4.78 is 9.41. The summed E-state index contributed by atoms with van der Waals surface area (Å²) in [5, 5.41) is 7.07. The van der Waals surface area contributed by atoms with Crippen molar-refractivity contribution in [1.29, 1.82) is 0 Å². The minimum absolute atomic E-state index is 0.163. The van der Waals surface area contributed by atoms with E-state index in [1.807, 2.05) is 0 Å². The van der Waals surface area contributed by atoms with Gasteiger partial charge in [-0.3, -0.25) is 0 Å². The van der Waals surface area contributed by atoms with Crippen LogP contribution < -0.4 is 4.90 Å². The number of para-hydroxylation sites is 4. The highest BCUT2D eigenvalue weighted by Crippen LogP contribution is 2.56. The van der Waals surface area contributed by atoms with Gasteiger partial charge in [-0.25, -0.2) is 0 Å². The summed E-state index contributed by atoms with van der Waals surface area (Å²) in [5.41, 5.74) is 18.2. The number of nitrogens with zero attached hydrogens (tertiary/aromatic N) is 2. The van der Waals surface area contributed by atoms with E-state index in [9.17, 15) is 0 Å². The summed E-state index contributed by atoms with van der Waals surface area (Å²) in [7, 11) is 0. The van der Waals surface area contributed by atoms with E-state index in [4.69, 9.17) is 4.42 Å². The van der Waals surface area contributed by atoms with E-state index in [-0.39, 0.29) is 5.41 Å². The van der Waals surface area contributed by atoms with Crippen LogP contribution in [0, 0.1) is 0 Å². The highest BCUT2D eigenvalue weighted by Gasteiger charge is 2.38. The van der Waals surface area contributed by atoms with Crippen molar-refractivity contribution in [2.45, 2.75) is 19.3 Å². The number of aromatic nitrogens is 1. The Morgan fingerprint density at radius 3 is 1.95 bits per heavy atom. The summed E-state index contributed by atoms with van der Waals surface area (Å²) in [6.45, 7) is 4.72. The minimum Gasteiger partial charge on any atom is -0.455 e. The van der Waals surface area contributed by atoms with E-state index in [2.05, 4.69) is 242 Å². The normalized spacial score (nSPS) is 13.0. The lowest BCUT2D eigenvalue weighted by molar-refractivity contribution is 0.660. The third kappa shape index (κ3) is 5.28. The maximum absolute atomic E-state index is 6.99. The van der Waals surface area contributed by atoms with Gasteiger partial charge in [-0.05, 0) is 93.2 Å². The molecule has 0 unspecified atom stereocenters. The van der Waals surface area contributed by atoms with Gasteiger partial charge in [0, 0.05) is 49.6 Å². The average Bonchev–Trinajstić information content (AvgIpc) is 3.99. The van der Waals surface area contributed by atoms with E-state index in [1.165, 1.54) is 60.4 Å². The largest absolute Gasteiger partial charge is 0.455 e. The molecule has 1 aliphatic rings. The summed E-state index contributed by atoms with van der Waals surface area (Å²) in [5.74, 6) is 0. The third-order valence-electron chi connectivity index (χ3n) is 13.8. The Labute approximate surface area is 371 Å². The van der Waals surface area contributed by atoms with Gasteiger partial charge in [-0.1, -0.05) is 178 Å². The van der Waals surface area contributed by atoms with E-state index in [1.54, 1.807) is 0 Å². The fourth-order valence-corrected chi connectivity index (χ4v) is 10.9. The predicted molar refractivity (Wildman–Crippen MR) is 269 cm³/mol. The van der Waals surface area contributed by atoms with Gasteiger partial charge in [0.1, 0.15) is 11.2 Å². The first-order valence-electron chi connectivity index (χ1n) is 22.2. The van der Waals surface area contributed by atoms with Crippen LogP contribution in [0.25, 0.3) is 93.6 Å². The topological polar surface area (TPSA) is 21.3 Å². The summed E-state index contributed by atoms with van der Waals surface area (Å²) in [6.07, 6.45) is 0. The van der Waals surface area contributed by atoms with Gasteiger partial charge in [0.25, 0.3) is 0 Å². The number of fused-ring (bicyclic) bond motifs is 10. The van der Waals surface area contributed by atoms with Gasteiger partial charge in [0.2, 0.25) is 0 Å². The number of hydrogen-bond donors (Lipinski definition) is 0. The molecule has 0 saturated carbocycles. The molecule has 3 heteroatoms. The van der Waals surface area contributed by atoms with Crippen molar-refractivity contribution in [2.24, 2.45) is 0 Å². The van der Waals surface area contributed by atoms with Crippen LogP contribution in [0.1, 0.15) is 25.0 Å². The van der Waals surface area contributed by atoms with Gasteiger partial charge in [0.05, 0.1) is 27.8 Å². The average molecular weight is 819 g/mol. The quantitative estimate of drug-likeness (QED) is 0.167. The van der Waals surface area contributed by atoms with E-state index in [0.29, 0.717) is 0 Å². The van der Waals surface area contributed by atoms with Crippen molar-refractivity contribution in [3.05, 3.63) is 230 Å². The Hall–Kier alpha value is -8.14. The monoisotopic (exact) mass is 818 g/mol. The van der Waals surface area contributed by atoms with Crippen LogP contribution in [-0.4, -0.2) is 4.57 Å². The molecule has 2 aromatic heterocycles. The van der Waals surface area contributed by atoms with E-state index in [0.717, 1.165) is 61.4 Å². The zero-order valence-corrected chi connectivity index (χ0v) is 35.6. The fourth-order valence-electron chi connectivity index (χ4n) is 10.9. The molecule has 0 fully saturated rings. The van der Waals surface area contributed by atoms with Crippen LogP contribution in [-0.2, 0) is 5.41 Å². The van der Waals surface area contributed by atoms with Crippen molar-refractivity contribution in [3.63, 3.8) is 0 Å². The molecule has 3 nitrogen and oxygen atoms in total. The molecule has 302 valence electrons. The molecule has 13 rings (SSSR count). The second-order valence-corrected chi connectivity index (χ2v) is 17.6. The smallest absolute Gasteiger partial charge is 0.145 e. The Morgan fingerprint density at radius 2 is 1.08 bits per heavy atom. The van der Waals surface area contributed by atoms with Crippen molar-refractivity contribution in [3.8, 4) is 39.1 Å². The molecular formula is C61H42N2O. The van der Waals surface area contributed by atoms with Gasteiger partial charge in [0.15, 0.2) is 0 Å². The molecule has 0 bridgehead atoms. The van der Waals surface area contributed by atoms with Crippen LogP contribution in [0.3, 0.4) is 0 Å². The molecular weight excluding hydrogens is 777 g/mol. The molecule has 2 heterocycles. The minimum atomic E-state index is -0.163. The number of rotatable bonds is 6. The van der Waals surface area contributed by atoms with Crippen LogP contribution in [0.4, 0.5) is 17.1 Å². The molecule has 0 amide bonds. The lowest BCUT2D eigenvalue weighted by Crippen LogP contribution is -2.16. The first kappa shape index (κ1) is 36.5.